The molecule has 0 aliphatic heterocycles. The molecule has 0 aliphatic carbocycles. The summed E-state index contributed by atoms with van der Waals surface area (Å²) in [5.74, 6) is -0.282. The number of carbonyl (C=O) groups is 1. The van der Waals surface area contributed by atoms with Crippen LogP contribution in [0, 0.1) is 0 Å². The highest BCUT2D eigenvalue weighted by Gasteiger charge is 2.22. The Bertz CT molecular complexity index is 864. The number of nitrogens with zero attached hydrogens (tertiary/aromatic N) is 1. The van der Waals surface area contributed by atoms with Crippen LogP contribution in [0.2, 0.25) is 0 Å². The Kier molecular flexibility index (Phi) is 5.06. The first-order valence-electron chi connectivity index (χ1n) is 7.27. The number of thioether (sulfide) groups is 1. The van der Waals surface area contributed by atoms with Gasteiger partial charge in [-0.3, -0.25) is 4.79 Å². The first-order valence-corrected chi connectivity index (χ1v) is 8.94. The van der Waals surface area contributed by atoms with Crippen LogP contribution in [0.4, 0.5) is 0 Å². The molecule has 0 amide bonds. The largest absolute Gasteiger partial charge is 0.480 e. The van der Waals surface area contributed by atoms with E-state index in [1.165, 1.54) is 0 Å². The summed E-state index contributed by atoms with van der Waals surface area (Å²) >= 11 is 4.62. The summed E-state index contributed by atoms with van der Waals surface area (Å²) in [6.07, 6.45) is 0. The van der Waals surface area contributed by atoms with Gasteiger partial charge < -0.3 is 9.52 Å². The molecule has 3 rings (SSSR count). The monoisotopic (exact) mass is 403 g/mol. The van der Waals surface area contributed by atoms with Crippen molar-refractivity contribution in [1.29, 1.82) is 0 Å². The Morgan fingerprint density at radius 1 is 1.17 bits per heavy atom. The number of rotatable bonds is 5. The molecule has 122 valence electrons. The molecule has 6 heteroatoms. The van der Waals surface area contributed by atoms with E-state index in [-0.39, 0.29) is 0 Å². The lowest BCUT2D eigenvalue weighted by Crippen LogP contribution is -2.10. The maximum Gasteiger partial charge on any atom is 0.316 e. The zero-order valence-electron chi connectivity index (χ0n) is 12.8. The Balaban J connectivity index is 2.10. The maximum atomic E-state index is 11.1. The van der Waals surface area contributed by atoms with Crippen molar-refractivity contribution < 1.29 is 14.3 Å². The third-order valence-corrected chi connectivity index (χ3v) is 5.02. The number of halogens is 1. The minimum absolute atomic E-state index is 0.342. The van der Waals surface area contributed by atoms with Gasteiger partial charge in [-0.05, 0) is 13.0 Å². The summed E-state index contributed by atoms with van der Waals surface area (Å²) in [6, 6.07) is 17.4. The van der Waals surface area contributed by atoms with Crippen LogP contribution in [0.5, 0.6) is 0 Å². The molecule has 1 atom stereocenters. The van der Waals surface area contributed by atoms with Crippen molar-refractivity contribution in [1.82, 2.24) is 4.98 Å². The quantitative estimate of drug-likeness (QED) is 0.582. The standard InChI is InChI=1S/C18H14BrNO3S/c1-11(17(21)22)24-18-20-15(12-7-3-2-4-8-12)16(23-18)13-9-5-6-10-14(13)19/h2-11H,1H3,(H,21,22). The molecule has 0 saturated carbocycles. The molecular formula is C18H14BrNO3S. The van der Waals surface area contributed by atoms with Crippen LogP contribution in [0.25, 0.3) is 22.6 Å². The fourth-order valence-corrected chi connectivity index (χ4v) is 3.32. The molecule has 0 fully saturated rings. The maximum absolute atomic E-state index is 11.1. The van der Waals surface area contributed by atoms with E-state index >= 15 is 0 Å². The average Bonchev–Trinajstić information content (AvgIpc) is 2.99. The number of carboxylic acid groups (broad SMARTS) is 1. The summed E-state index contributed by atoms with van der Waals surface area (Å²) in [6.45, 7) is 1.61. The van der Waals surface area contributed by atoms with Crippen LogP contribution in [-0.4, -0.2) is 21.3 Å². The van der Waals surface area contributed by atoms with Gasteiger partial charge in [0.15, 0.2) is 5.76 Å². The summed E-state index contributed by atoms with van der Waals surface area (Å²) in [7, 11) is 0. The van der Waals surface area contributed by atoms with Gasteiger partial charge >= 0.3 is 5.97 Å². The molecule has 1 unspecified atom stereocenters. The molecular weight excluding hydrogens is 390 g/mol. The van der Waals surface area contributed by atoms with Gasteiger partial charge in [0.1, 0.15) is 10.9 Å². The molecule has 0 spiro atoms. The minimum Gasteiger partial charge on any atom is -0.480 e. The average molecular weight is 404 g/mol. The van der Waals surface area contributed by atoms with E-state index in [4.69, 9.17) is 9.52 Å². The van der Waals surface area contributed by atoms with E-state index in [9.17, 15) is 4.79 Å². The van der Waals surface area contributed by atoms with Gasteiger partial charge in [0.05, 0.1) is 0 Å². The second-order valence-corrected chi connectivity index (χ2v) is 7.25. The molecule has 1 N–H and O–H groups in total. The van der Waals surface area contributed by atoms with Gasteiger partial charge in [0.2, 0.25) is 0 Å². The van der Waals surface area contributed by atoms with Crippen LogP contribution < -0.4 is 0 Å². The van der Waals surface area contributed by atoms with Crippen molar-refractivity contribution in [3.8, 4) is 22.6 Å². The minimum atomic E-state index is -0.901. The number of benzene rings is 2. The molecule has 4 nitrogen and oxygen atoms in total. The lowest BCUT2D eigenvalue weighted by molar-refractivity contribution is -0.136. The molecule has 24 heavy (non-hydrogen) atoms. The highest BCUT2D eigenvalue weighted by Crippen LogP contribution is 2.39. The van der Waals surface area contributed by atoms with Crippen LogP contribution in [0.3, 0.4) is 0 Å². The molecule has 0 saturated heterocycles. The summed E-state index contributed by atoms with van der Waals surface area (Å²) in [5.41, 5.74) is 2.49. The number of aliphatic carboxylic acids is 1. The zero-order chi connectivity index (χ0) is 17.1. The summed E-state index contributed by atoms with van der Waals surface area (Å²) in [5, 5.41) is 8.80. The summed E-state index contributed by atoms with van der Waals surface area (Å²) in [4.78, 5) is 15.6. The predicted molar refractivity (Wildman–Crippen MR) is 98.0 cm³/mol. The van der Waals surface area contributed by atoms with Crippen molar-refractivity contribution in [2.24, 2.45) is 0 Å². The van der Waals surface area contributed by atoms with Gasteiger partial charge in [-0.15, -0.1) is 0 Å². The number of hydrogen-bond acceptors (Lipinski definition) is 4. The molecule has 0 radical (unpaired) electrons. The van der Waals surface area contributed by atoms with E-state index in [1.54, 1.807) is 6.92 Å². The number of hydrogen-bond donors (Lipinski definition) is 1. The van der Waals surface area contributed by atoms with Crippen LogP contribution >= 0.6 is 27.7 Å². The topological polar surface area (TPSA) is 63.3 Å². The second kappa shape index (κ2) is 7.23. The van der Waals surface area contributed by atoms with Gasteiger partial charge in [-0.1, -0.05) is 76.2 Å². The van der Waals surface area contributed by atoms with Crippen molar-refractivity contribution in [3.63, 3.8) is 0 Å². The van der Waals surface area contributed by atoms with E-state index in [0.29, 0.717) is 16.7 Å². The SMILES string of the molecule is CC(Sc1nc(-c2ccccc2)c(-c2ccccc2Br)o1)C(=O)O. The number of carboxylic acids is 1. The van der Waals surface area contributed by atoms with Crippen molar-refractivity contribution in [3.05, 3.63) is 59.1 Å². The fraction of sp³-hybridized carbons (Fsp3) is 0.111. The molecule has 1 aromatic heterocycles. The van der Waals surface area contributed by atoms with Gasteiger partial charge in [-0.2, -0.15) is 0 Å². The smallest absolute Gasteiger partial charge is 0.316 e. The van der Waals surface area contributed by atoms with Gasteiger partial charge in [-0.25, -0.2) is 4.98 Å². The lowest BCUT2D eigenvalue weighted by atomic mass is 10.1. The molecule has 3 aromatic rings. The molecule has 0 bridgehead atoms. The second-order valence-electron chi connectivity index (χ2n) is 5.10. The van der Waals surface area contributed by atoms with Gasteiger partial charge in [0.25, 0.3) is 5.22 Å². The normalized spacial score (nSPS) is 12.1. The first kappa shape index (κ1) is 16.8. The third-order valence-electron chi connectivity index (χ3n) is 3.40. The molecule has 0 aliphatic rings. The number of aromatic nitrogens is 1. The summed E-state index contributed by atoms with van der Waals surface area (Å²) < 4.78 is 6.81. The Morgan fingerprint density at radius 2 is 1.83 bits per heavy atom. The van der Waals surface area contributed by atoms with E-state index in [0.717, 1.165) is 27.4 Å². The van der Waals surface area contributed by atoms with Crippen LogP contribution in [-0.2, 0) is 4.79 Å². The zero-order valence-corrected chi connectivity index (χ0v) is 15.2. The Hall–Kier alpha value is -2.05. The van der Waals surface area contributed by atoms with Gasteiger partial charge in [0, 0.05) is 15.6 Å². The number of oxazole rings is 1. The predicted octanol–water partition coefficient (Wildman–Crippen LogP) is 5.34. The Labute approximate surface area is 152 Å². The van der Waals surface area contributed by atoms with Crippen LogP contribution in [0.1, 0.15) is 6.92 Å². The van der Waals surface area contributed by atoms with Crippen LogP contribution in [0.15, 0.2) is 68.7 Å². The third kappa shape index (κ3) is 3.55. The lowest BCUT2D eigenvalue weighted by Gasteiger charge is -2.03. The van der Waals surface area contributed by atoms with E-state index < -0.39 is 11.2 Å². The van der Waals surface area contributed by atoms with E-state index in [1.807, 2.05) is 54.6 Å². The van der Waals surface area contributed by atoms with Crippen molar-refractivity contribution >= 4 is 33.7 Å². The molecule has 1 heterocycles. The van der Waals surface area contributed by atoms with E-state index in [2.05, 4.69) is 20.9 Å². The van der Waals surface area contributed by atoms with Crippen molar-refractivity contribution in [2.75, 3.05) is 0 Å². The fourth-order valence-electron chi connectivity index (χ4n) is 2.17. The molecule has 2 aromatic carbocycles. The highest BCUT2D eigenvalue weighted by atomic mass is 79.9. The Morgan fingerprint density at radius 3 is 2.50 bits per heavy atom. The first-order chi connectivity index (χ1) is 11.6. The highest BCUT2D eigenvalue weighted by molar-refractivity contribution is 9.10. The van der Waals surface area contributed by atoms with Crippen molar-refractivity contribution in [2.45, 2.75) is 17.4 Å².